The number of hydrogen-bond donors (Lipinski definition) is 3. The zero-order valence-electron chi connectivity index (χ0n) is 18.6. The molecule has 0 saturated carbocycles. The van der Waals surface area contributed by atoms with Gasteiger partial charge in [0.25, 0.3) is 0 Å². The number of hydroxylamine groups is 2. The standard InChI is InChI=1S/C23H36N4O3/c1-5-21-26(3)23(27(4)30-21)17-6-8-18-16(12-17)7-9-19(18)25-22(29)20-13-15(14(2)28)10-11-24-20/h6,8,12,14-15,19-21,23-24,28H,5,7,9-11,13H2,1-4H3,(H,25,29)/t14?,15?,19-,20?,21?,23?/m1/s1. The highest BCUT2D eigenvalue weighted by atomic mass is 16.7. The molecule has 0 bridgehead atoms. The van der Waals surface area contributed by atoms with Crippen LogP contribution in [0.1, 0.15) is 68.4 Å². The topological polar surface area (TPSA) is 77.1 Å². The van der Waals surface area contributed by atoms with Gasteiger partial charge in [-0.25, -0.2) is 0 Å². The van der Waals surface area contributed by atoms with Gasteiger partial charge in [-0.05, 0) is 75.2 Å². The molecule has 2 saturated heterocycles. The molecule has 3 N–H and O–H groups in total. The van der Waals surface area contributed by atoms with Gasteiger partial charge in [-0.3, -0.25) is 14.5 Å². The zero-order chi connectivity index (χ0) is 21.4. The number of nitrogens with one attached hydrogen (secondary N) is 2. The molecule has 1 amide bonds. The number of carbonyl (C=O) groups excluding carboxylic acids is 1. The molecule has 6 atom stereocenters. The quantitative estimate of drug-likeness (QED) is 0.682. The van der Waals surface area contributed by atoms with Crippen molar-refractivity contribution in [3.05, 3.63) is 34.9 Å². The van der Waals surface area contributed by atoms with Crippen LogP contribution >= 0.6 is 0 Å². The molecule has 7 heteroatoms. The number of aliphatic hydroxyl groups excluding tert-OH is 1. The lowest BCUT2D eigenvalue weighted by Crippen LogP contribution is -2.50. The Morgan fingerprint density at radius 3 is 2.87 bits per heavy atom. The van der Waals surface area contributed by atoms with Gasteiger partial charge in [-0.15, -0.1) is 0 Å². The third-order valence-corrected chi connectivity index (χ3v) is 7.12. The van der Waals surface area contributed by atoms with Gasteiger partial charge in [0.2, 0.25) is 5.91 Å². The Hall–Kier alpha value is -1.51. The predicted molar refractivity (Wildman–Crippen MR) is 115 cm³/mol. The van der Waals surface area contributed by atoms with Crippen molar-refractivity contribution < 1.29 is 14.7 Å². The van der Waals surface area contributed by atoms with Crippen molar-refractivity contribution in [3.8, 4) is 0 Å². The molecule has 0 radical (unpaired) electrons. The second kappa shape index (κ2) is 8.93. The van der Waals surface area contributed by atoms with Crippen molar-refractivity contribution in [2.75, 3.05) is 20.6 Å². The molecule has 1 aromatic carbocycles. The molecule has 0 spiro atoms. The van der Waals surface area contributed by atoms with Crippen LogP contribution in [0.4, 0.5) is 0 Å². The van der Waals surface area contributed by atoms with Crippen molar-refractivity contribution in [2.24, 2.45) is 5.92 Å². The molecule has 0 aromatic heterocycles. The third kappa shape index (κ3) is 4.14. The number of fused-ring (bicyclic) bond motifs is 1. The highest BCUT2D eigenvalue weighted by Crippen LogP contribution is 2.37. The average molecular weight is 417 g/mol. The van der Waals surface area contributed by atoms with E-state index in [1.807, 2.05) is 19.0 Å². The Bertz CT molecular complexity index is 771. The number of benzene rings is 1. The molecular weight excluding hydrogens is 380 g/mol. The van der Waals surface area contributed by atoms with E-state index in [0.29, 0.717) is 6.42 Å². The molecule has 2 fully saturated rings. The van der Waals surface area contributed by atoms with E-state index < -0.39 is 0 Å². The summed E-state index contributed by atoms with van der Waals surface area (Å²) in [7, 11) is 4.10. The monoisotopic (exact) mass is 416 g/mol. The van der Waals surface area contributed by atoms with Crippen LogP contribution < -0.4 is 10.6 Å². The van der Waals surface area contributed by atoms with Gasteiger partial charge in [-0.1, -0.05) is 25.1 Å². The van der Waals surface area contributed by atoms with Crippen LogP contribution in [0.2, 0.25) is 0 Å². The predicted octanol–water partition coefficient (Wildman–Crippen LogP) is 2.08. The van der Waals surface area contributed by atoms with E-state index in [1.165, 1.54) is 16.7 Å². The molecule has 2 aliphatic heterocycles. The minimum Gasteiger partial charge on any atom is -0.393 e. The van der Waals surface area contributed by atoms with Crippen LogP contribution in [0, 0.1) is 5.92 Å². The SMILES string of the molecule is CCC1ON(C)C(c2ccc3c(c2)CC[C@H]3NC(=O)C2CC(C(C)O)CCN2)N1C. The van der Waals surface area contributed by atoms with E-state index in [4.69, 9.17) is 4.84 Å². The number of amides is 1. The first-order chi connectivity index (χ1) is 14.4. The Morgan fingerprint density at radius 1 is 1.37 bits per heavy atom. The molecule has 5 unspecified atom stereocenters. The van der Waals surface area contributed by atoms with Crippen molar-refractivity contribution in [2.45, 2.75) is 76.5 Å². The van der Waals surface area contributed by atoms with Gasteiger partial charge in [0.05, 0.1) is 18.2 Å². The summed E-state index contributed by atoms with van der Waals surface area (Å²) in [6.07, 6.45) is 4.32. The van der Waals surface area contributed by atoms with Crippen LogP contribution in [-0.4, -0.2) is 60.0 Å². The molecule has 1 aliphatic carbocycles. The summed E-state index contributed by atoms with van der Waals surface area (Å²) in [5, 5.41) is 18.4. The number of rotatable bonds is 5. The highest BCUT2D eigenvalue weighted by molar-refractivity contribution is 5.82. The van der Waals surface area contributed by atoms with Crippen LogP contribution in [0.15, 0.2) is 18.2 Å². The lowest BCUT2D eigenvalue weighted by molar-refractivity contribution is -0.146. The summed E-state index contributed by atoms with van der Waals surface area (Å²) in [5.74, 6) is 0.242. The first-order valence-corrected chi connectivity index (χ1v) is 11.3. The van der Waals surface area contributed by atoms with Crippen molar-refractivity contribution in [3.63, 3.8) is 0 Å². The summed E-state index contributed by atoms with van der Waals surface area (Å²) in [4.78, 5) is 21.1. The summed E-state index contributed by atoms with van der Waals surface area (Å²) in [6, 6.07) is 6.48. The maximum absolute atomic E-state index is 12.9. The fourth-order valence-electron chi connectivity index (χ4n) is 5.35. The van der Waals surface area contributed by atoms with Gasteiger partial charge in [0.1, 0.15) is 12.4 Å². The second-order valence-corrected chi connectivity index (χ2v) is 9.14. The molecule has 2 heterocycles. The molecule has 30 heavy (non-hydrogen) atoms. The summed E-state index contributed by atoms with van der Waals surface area (Å²) in [6.45, 7) is 4.74. The Kier molecular flexibility index (Phi) is 6.46. The van der Waals surface area contributed by atoms with Crippen LogP contribution in [0.5, 0.6) is 0 Å². The second-order valence-electron chi connectivity index (χ2n) is 9.14. The van der Waals surface area contributed by atoms with E-state index in [9.17, 15) is 9.90 Å². The molecule has 7 nitrogen and oxygen atoms in total. The minimum absolute atomic E-state index is 0.0525. The summed E-state index contributed by atoms with van der Waals surface area (Å²) >= 11 is 0. The fraction of sp³-hybridized carbons (Fsp3) is 0.696. The first-order valence-electron chi connectivity index (χ1n) is 11.3. The smallest absolute Gasteiger partial charge is 0.237 e. The van der Waals surface area contributed by atoms with Gasteiger partial charge < -0.3 is 15.7 Å². The lowest BCUT2D eigenvalue weighted by Gasteiger charge is -2.32. The van der Waals surface area contributed by atoms with Crippen LogP contribution in [0.3, 0.4) is 0 Å². The number of piperidine rings is 1. The number of nitrogens with zero attached hydrogens (tertiary/aromatic N) is 2. The Balaban J connectivity index is 1.43. The normalized spacial score (nSPS) is 33.4. The van der Waals surface area contributed by atoms with E-state index in [2.05, 4.69) is 47.7 Å². The number of aliphatic hydroxyl groups is 1. The van der Waals surface area contributed by atoms with Crippen molar-refractivity contribution in [1.82, 2.24) is 20.6 Å². The van der Waals surface area contributed by atoms with Crippen molar-refractivity contribution in [1.29, 1.82) is 0 Å². The average Bonchev–Trinajstić information content (AvgIpc) is 3.27. The van der Waals surface area contributed by atoms with E-state index in [1.54, 1.807) is 0 Å². The van der Waals surface area contributed by atoms with Gasteiger partial charge >= 0.3 is 0 Å². The maximum atomic E-state index is 12.9. The zero-order valence-corrected chi connectivity index (χ0v) is 18.6. The lowest BCUT2D eigenvalue weighted by atomic mass is 9.88. The van der Waals surface area contributed by atoms with Crippen LogP contribution in [0.25, 0.3) is 0 Å². The van der Waals surface area contributed by atoms with E-state index in [-0.39, 0.29) is 42.4 Å². The minimum atomic E-state index is -0.365. The molecule has 166 valence electrons. The largest absolute Gasteiger partial charge is 0.393 e. The van der Waals surface area contributed by atoms with Gasteiger partial charge in [0, 0.05) is 7.05 Å². The van der Waals surface area contributed by atoms with Gasteiger partial charge in [0.15, 0.2) is 0 Å². The molecule has 3 aliphatic rings. The van der Waals surface area contributed by atoms with E-state index in [0.717, 1.165) is 32.2 Å². The highest BCUT2D eigenvalue weighted by Gasteiger charge is 2.37. The van der Waals surface area contributed by atoms with Gasteiger partial charge in [-0.2, -0.15) is 5.06 Å². The fourth-order valence-corrected chi connectivity index (χ4v) is 5.35. The third-order valence-electron chi connectivity index (χ3n) is 7.12. The van der Waals surface area contributed by atoms with E-state index >= 15 is 0 Å². The Morgan fingerprint density at radius 2 is 2.17 bits per heavy atom. The first kappa shape index (κ1) is 21.7. The number of carbonyl (C=O) groups is 1. The Labute approximate surface area is 179 Å². The van der Waals surface area contributed by atoms with Crippen LogP contribution in [-0.2, 0) is 16.1 Å². The maximum Gasteiger partial charge on any atom is 0.237 e. The summed E-state index contributed by atoms with van der Waals surface area (Å²) in [5.41, 5.74) is 3.78. The number of aryl methyl sites for hydroxylation is 1. The molecule has 4 rings (SSSR count). The summed E-state index contributed by atoms with van der Waals surface area (Å²) < 4.78 is 0. The molecule has 1 aromatic rings. The van der Waals surface area contributed by atoms with Crippen molar-refractivity contribution >= 4 is 5.91 Å². The molecular formula is C23H36N4O3. The number of hydrogen-bond acceptors (Lipinski definition) is 6.